The SMILES string of the molecule is CN(C)c1ccc([N+]([O-])=CC(=O)c2ccc(C(=O)C=[N+]([O-])c3ccc(N(C)C)cc3)cc2)cc1. The van der Waals surface area contributed by atoms with Gasteiger partial charge in [-0.1, -0.05) is 24.3 Å². The van der Waals surface area contributed by atoms with Gasteiger partial charge in [-0.05, 0) is 24.3 Å². The van der Waals surface area contributed by atoms with E-state index in [-0.39, 0.29) is 11.1 Å². The molecule has 0 spiro atoms. The van der Waals surface area contributed by atoms with E-state index in [1.807, 2.05) is 38.0 Å². The summed E-state index contributed by atoms with van der Waals surface area (Å²) < 4.78 is 1.01. The van der Waals surface area contributed by atoms with Crippen LogP contribution in [-0.4, -0.2) is 61.7 Å². The van der Waals surface area contributed by atoms with Gasteiger partial charge in [0.15, 0.2) is 0 Å². The van der Waals surface area contributed by atoms with Crippen molar-refractivity contribution in [2.45, 2.75) is 0 Å². The molecule has 0 N–H and O–H groups in total. The zero-order chi connectivity index (χ0) is 24.8. The lowest BCUT2D eigenvalue weighted by Gasteiger charge is -2.12. The molecule has 0 atom stereocenters. The molecule has 0 heterocycles. The molecule has 0 aliphatic rings. The van der Waals surface area contributed by atoms with Crippen LogP contribution < -0.4 is 9.80 Å². The molecule has 0 radical (unpaired) electrons. The Morgan fingerprint density at radius 1 is 0.588 bits per heavy atom. The van der Waals surface area contributed by atoms with Crippen LogP contribution in [0.2, 0.25) is 0 Å². The molecular formula is C26H26N4O4. The normalized spacial score (nSPS) is 11.8. The zero-order valence-electron chi connectivity index (χ0n) is 19.5. The minimum absolute atomic E-state index is 0.251. The van der Waals surface area contributed by atoms with Crippen molar-refractivity contribution >= 4 is 46.7 Å². The molecule has 0 aliphatic heterocycles. The second-order valence-corrected chi connectivity index (χ2v) is 8.04. The van der Waals surface area contributed by atoms with Crippen LogP contribution in [0.15, 0.2) is 72.8 Å². The minimum Gasteiger partial charge on any atom is -0.618 e. The van der Waals surface area contributed by atoms with Crippen LogP contribution in [0.4, 0.5) is 22.7 Å². The molecule has 8 nitrogen and oxygen atoms in total. The molecule has 0 bridgehead atoms. The van der Waals surface area contributed by atoms with Gasteiger partial charge < -0.3 is 20.2 Å². The van der Waals surface area contributed by atoms with E-state index in [4.69, 9.17) is 0 Å². The van der Waals surface area contributed by atoms with E-state index in [2.05, 4.69) is 0 Å². The third-order valence-corrected chi connectivity index (χ3v) is 5.16. The van der Waals surface area contributed by atoms with Crippen molar-refractivity contribution in [3.8, 4) is 0 Å². The monoisotopic (exact) mass is 458 g/mol. The molecule has 0 saturated carbocycles. The summed E-state index contributed by atoms with van der Waals surface area (Å²) in [6, 6.07) is 19.5. The predicted octanol–water partition coefficient (Wildman–Crippen LogP) is 4.01. The average molecular weight is 459 g/mol. The summed E-state index contributed by atoms with van der Waals surface area (Å²) in [6.07, 6.45) is 1.90. The Balaban J connectivity index is 1.70. The topological polar surface area (TPSA) is 92.8 Å². The third kappa shape index (κ3) is 5.86. The highest BCUT2D eigenvalue weighted by Gasteiger charge is 2.13. The van der Waals surface area contributed by atoms with E-state index in [9.17, 15) is 20.0 Å². The molecule has 3 aromatic rings. The van der Waals surface area contributed by atoms with Crippen LogP contribution >= 0.6 is 0 Å². The van der Waals surface area contributed by atoms with Crippen molar-refractivity contribution in [1.82, 2.24) is 0 Å². The molecule has 0 aliphatic carbocycles. The van der Waals surface area contributed by atoms with E-state index >= 15 is 0 Å². The molecule has 3 rings (SSSR count). The fourth-order valence-electron chi connectivity index (χ4n) is 3.11. The Morgan fingerprint density at radius 2 is 0.882 bits per heavy atom. The molecule has 3 aromatic carbocycles. The number of rotatable bonds is 8. The van der Waals surface area contributed by atoms with Gasteiger partial charge in [-0.25, -0.2) is 0 Å². The first-order valence-corrected chi connectivity index (χ1v) is 10.5. The van der Waals surface area contributed by atoms with Crippen LogP contribution in [0.3, 0.4) is 0 Å². The van der Waals surface area contributed by atoms with Gasteiger partial charge in [0.2, 0.25) is 35.4 Å². The lowest BCUT2D eigenvalue weighted by molar-refractivity contribution is -0.353. The number of benzene rings is 3. The number of carbonyl (C=O) groups excluding carboxylic acids is 2. The molecule has 0 aromatic heterocycles. The maximum atomic E-state index is 12.5. The maximum Gasteiger partial charge on any atom is 0.250 e. The first kappa shape index (κ1) is 24.2. The molecule has 0 fully saturated rings. The number of carbonyl (C=O) groups is 2. The highest BCUT2D eigenvalue weighted by atomic mass is 16.5. The molecule has 174 valence electrons. The maximum absolute atomic E-state index is 12.5. The van der Waals surface area contributed by atoms with Gasteiger partial charge in [0.1, 0.15) is 0 Å². The number of hydrogen-bond acceptors (Lipinski definition) is 6. The Labute approximate surface area is 198 Å². The van der Waals surface area contributed by atoms with Gasteiger partial charge in [0.25, 0.3) is 0 Å². The van der Waals surface area contributed by atoms with Crippen molar-refractivity contribution in [1.29, 1.82) is 0 Å². The van der Waals surface area contributed by atoms with Crippen LogP contribution in [0.5, 0.6) is 0 Å². The van der Waals surface area contributed by atoms with Crippen molar-refractivity contribution < 1.29 is 19.1 Å². The van der Waals surface area contributed by atoms with Crippen molar-refractivity contribution in [2.24, 2.45) is 0 Å². The van der Waals surface area contributed by atoms with Crippen molar-refractivity contribution in [3.63, 3.8) is 0 Å². The largest absolute Gasteiger partial charge is 0.618 e. The van der Waals surface area contributed by atoms with Crippen molar-refractivity contribution in [3.05, 3.63) is 94.3 Å². The van der Waals surface area contributed by atoms with Crippen LogP contribution in [0.1, 0.15) is 20.7 Å². The smallest absolute Gasteiger partial charge is 0.250 e. The van der Waals surface area contributed by atoms with E-state index in [1.165, 1.54) is 24.3 Å². The summed E-state index contributed by atoms with van der Waals surface area (Å²) in [4.78, 5) is 28.7. The van der Waals surface area contributed by atoms with E-state index in [0.29, 0.717) is 20.9 Å². The summed E-state index contributed by atoms with van der Waals surface area (Å²) >= 11 is 0. The summed E-state index contributed by atoms with van der Waals surface area (Å²) in [7, 11) is 7.57. The zero-order valence-corrected chi connectivity index (χ0v) is 19.5. The standard InChI is InChI=1S/C26H26N4O4/c1-27(2)21-9-13-23(14-10-21)29(33)17-25(31)19-5-7-20(8-6-19)26(32)18-30(34)24-15-11-22(12-16-24)28(3)4/h5-18H,1-4H3. The summed E-state index contributed by atoms with van der Waals surface area (Å²) in [5.41, 5.74) is 3.02. The molecular weight excluding hydrogens is 432 g/mol. The van der Waals surface area contributed by atoms with Gasteiger partial charge in [0, 0.05) is 75.0 Å². The lowest BCUT2D eigenvalue weighted by atomic mass is 10.1. The average Bonchev–Trinajstić information content (AvgIpc) is 2.84. The number of hydrogen-bond donors (Lipinski definition) is 0. The number of Topliss-reactive ketones (excluding diaryl/α,β-unsaturated/α-hetero) is 2. The van der Waals surface area contributed by atoms with Gasteiger partial charge in [0.05, 0.1) is 0 Å². The molecule has 8 heteroatoms. The van der Waals surface area contributed by atoms with E-state index in [1.54, 1.807) is 48.5 Å². The highest BCUT2D eigenvalue weighted by molar-refractivity contribution is 6.35. The second-order valence-electron chi connectivity index (χ2n) is 8.04. The molecule has 0 saturated heterocycles. The van der Waals surface area contributed by atoms with Gasteiger partial charge >= 0.3 is 0 Å². The first-order chi connectivity index (χ1) is 16.2. The Kier molecular flexibility index (Phi) is 7.43. The fourth-order valence-corrected chi connectivity index (χ4v) is 3.11. The number of ketones is 2. The van der Waals surface area contributed by atoms with Gasteiger partial charge in [-0.15, -0.1) is 0 Å². The van der Waals surface area contributed by atoms with E-state index in [0.717, 1.165) is 23.8 Å². The minimum atomic E-state index is -0.499. The number of nitrogens with zero attached hydrogens (tertiary/aromatic N) is 4. The molecule has 34 heavy (non-hydrogen) atoms. The Hall–Kier alpha value is -4.46. The fraction of sp³-hybridized carbons (Fsp3) is 0.154. The van der Waals surface area contributed by atoms with Crippen molar-refractivity contribution in [2.75, 3.05) is 38.0 Å². The van der Waals surface area contributed by atoms with Gasteiger partial charge in [-0.3, -0.25) is 9.59 Å². The van der Waals surface area contributed by atoms with Gasteiger partial charge in [-0.2, -0.15) is 9.48 Å². The quantitative estimate of drug-likeness (QED) is 0.167. The highest BCUT2D eigenvalue weighted by Crippen LogP contribution is 2.18. The Morgan fingerprint density at radius 3 is 1.15 bits per heavy atom. The third-order valence-electron chi connectivity index (χ3n) is 5.16. The Bertz CT molecular complexity index is 1130. The van der Waals surface area contributed by atoms with Crippen LogP contribution in [0, 0.1) is 10.4 Å². The lowest BCUT2D eigenvalue weighted by Crippen LogP contribution is -2.12. The second kappa shape index (κ2) is 10.4. The predicted molar refractivity (Wildman–Crippen MR) is 135 cm³/mol. The van der Waals surface area contributed by atoms with Crippen LogP contribution in [-0.2, 0) is 0 Å². The first-order valence-electron chi connectivity index (χ1n) is 10.5. The van der Waals surface area contributed by atoms with E-state index < -0.39 is 11.6 Å². The molecule has 0 amide bonds. The number of anilines is 2. The summed E-state index contributed by atoms with van der Waals surface area (Å²) in [5, 5.41) is 24.6. The molecule has 0 unspecified atom stereocenters. The summed E-state index contributed by atoms with van der Waals surface area (Å²) in [6.45, 7) is 0. The van der Waals surface area contributed by atoms with Crippen LogP contribution in [0.25, 0.3) is 0 Å². The summed E-state index contributed by atoms with van der Waals surface area (Å²) in [5.74, 6) is -0.998.